The van der Waals surface area contributed by atoms with Crippen molar-refractivity contribution >= 4 is 23.9 Å². The number of carbonyl (C=O) groups excluding carboxylic acids is 4. The van der Waals surface area contributed by atoms with Gasteiger partial charge in [0.15, 0.2) is 0 Å². The SMILES string of the molecule is CC1(C)CC(C(=O)OC(OC(=O)C2CC(C)(C)N([O])C2(C)C)C(OC(=O)C2CC(C)(C)N([O])C2(C)C)OC(=O)C2CC(C)(C)N([O])C2(C)C)C(C)(C)N1[O]. The van der Waals surface area contributed by atoms with Gasteiger partial charge in [0.1, 0.15) is 0 Å². The first kappa shape index (κ1) is 44.3. The minimum absolute atomic E-state index is 0.0532. The summed E-state index contributed by atoms with van der Waals surface area (Å²) >= 11 is 0. The van der Waals surface area contributed by atoms with Gasteiger partial charge in [0.2, 0.25) is 0 Å². The maximum atomic E-state index is 14.1. The Labute approximate surface area is 319 Å². The van der Waals surface area contributed by atoms with Crippen molar-refractivity contribution in [2.75, 3.05) is 0 Å². The first-order valence-electron chi connectivity index (χ1n) is 18.8. The summed E-state index contributed by atoms with van der Waals surface area (Å²) < 4.78 is 23.5. The van der Waals surface area contributed by atoms with Crippen LogP contribution in [0.15, 0.2) is 0 Å². The minimum atomic E-state index is -2.21. The van der Waals surface area contributed by atoms with Crippen LogP contribution in [0.5, 0.6) is 0 Å². The molecule has 4 radical (unpaired) electrons. The topological polar surface area (TPSA) is 198 Å². The highest BCUT2D eigenvalue weighted by atomic mass is 16.8. The van der Waals surface area contributed by atoms with Crippen LogP contribution < -0.4 is 0 Å². The van der Waals surface area contributed by atoms with Gasteiger partial charge in [-0.1, -0.05) is 0 Å². The van der Waals surface area contributed by atoms with Crippen LogP contribution in [0, 0.1) is 23.7 Å². The number of ether oxygens (including phenoxy) is 4. The van der Waals surface area contributed by atoms with E-state index in [1.807, 2.05) is 0 Å². The zero-order chi connectivity index (χ0) is 41.7. The molecule has 0 aromatic carbocycles. The summed E-state index contributed by atoms with van der Waals surface area (Å²) in [6.07, 6.45) is -4.21. The number of carbonyl (C=O) groups is 4. The van der Waals surface area contributed by atoms with E-state index in [4.69, 9.17) is 18.9 Å². The van der Waals surface area contributed by atoms with Crippen molar-refractivity contribution in [3.63, 3.8) is 0 Å². The van der Waals surface area contributed by atoms with Gasteiger partial charge < -0.3 is 18.9 Å². The maximum absolute atomic E-state index is 14.1. The fourth-order valence-corrected chi connectivity index (χ4v) is 9.56. The van der Waals surface area contributed by atoms with Crippen LogP contribution in [0.3, 0.4) is 0 Å². The van der Waals surface area contributed by atoms with Crippen molar-refractivity contribution < 1.29 is 59.0 Å². The summed E-state index contributed by atoms with van der Waals surface area (Å²) in [5.41, 5.74) is -9.07. The van der Waals surface area contributed by atoms with Crippen molar-refractivity contribution in [1.82, 2.24) is 20.3 Å². The van der Waals surface area contributed by atoms with E-state index in [1.165, 1.54) is 0 Å². The van der Waals surface area contributed by atoms with Crippen molar-refractivity contribution in [3.05, 3.63) is 0 Å². The largest absolute Gasteiger partial charge is 0.417 e. The average Bonchev–Trinajstić information content (AvgIpc) is 3.47. The Balaban J connectivity index is 1.79. The molecule has 4 aliphatic rings. The molecular weight excluding hydrogens is 704 g/mol. The van der Waals surface area contributed by atoms with E-state index in [9.17, 15) is 40.0 Å². The van der Waals surface area contributed by atoms with Gasteiger partial charge in [-0.15, -0.1) is 41.1 Å². The quantitative estimate of drug-likeness (QED) is 0.232. The second kappa shape index (κ2) is 13.6. The highest BCUT2D eigenvalue weighted by Gasteiger charge is 2.61. The predicted octanol–water partition coefficient (Wildman–Crippen LogP) is 4.71. The van der Waals surface area contributed by atoms with Gasteiger partial charge in [-0.05, 0) is 136 Å². The third-order valence-corrected chi connectivity index (χ3v) is 12.8. The Bertz CT molecular complexity index is 1290. The van der Waals surface area contributed by atoms with Crippen molar-refractivity contribution in [2.45, 2.75) is 193 Å². The van der Waals surface area contributed by atoms with Crippen LogP contribution in [0.4, 0.5) is 0 Å². The monoisotopic (exact) mass is 766 g/mol. The van der Waals surface area contributed by atoms with E-state index in [0.717, 1.165) is 20.3 Å². The lowest BCUT2D eigenvalue weighted by atomic mass is 9.87. The molecular formula is C38H62N4O12. The Kier molecular flexibility index (Phi) is 11.2. The lowest BCUT2D eigenvalue weighted by molar-refractivity contribution is -0.276. The van der Waals surface area contributed by atoms with Crippen LogP contribution in [-0.2, 0) is 59.0 Å². The molecule has 0 aromatic heterocycles. The smallest absolute Gasteiger partial charge is 0.320 e. The summed E-state index contributed by atoms with van der Waals surface area (Å²) in [6, 6.07) is 0. The third-order valence-electron chi connectivity index (χ3n) is 12.8. The molecule has 0 N–H and O–H groups in total. The Morgan fingerprint density at radius 3 is 0.630 bits per heavy atom. The van der Waals surface area contributed by atoms with E-state index < -0.39 is 104 Å². The molecule has 0 aliphatic carbocycles. The van der Waals surface area contributed by atoms with Gasteiger partial charge in [-0.25, -0.2) is 0 Å². The van der Waals surface area contributed by atoms with Gasteiger partial charge in [0, 0.05) is 22.2 Å². The summed E-state index contributed by atoms with van der Waals surface area (Å²) in [4.78, 5) is 56.5. The molecule has 0 saturated carbocycles. The molecule has 4 heterocycles. The van der Waals surface area contributed by atoms with E-state index >= 15 is 0 Å². The Morgan fingerprint density at radius 1 is 0.370 bits per heavy atom. The number of hydrogen-bond donors (Lipinski definition) is 0. The molecule has 16 nitrogen and oxygen atoms in total. The molecule has 0 bridgehead atoms. The summed E-state index contributed by atoms with van der Waals surface area (Å²) in [7, 11) is 0. The molecule has 306 valence electrons. The molecule has 4 rings (SSSR count). The number of hydroxylamine groups is 8. The highest BCUT2D eigenvalue weighted by molar-refractivity contribution is 5.79. The van der Waals surface area contributed by atoms with Crippen molar-refractivity contribution in [1.29, 1.82) is 0 Å². The number of rotatable bonds is 9. The van der Waals surface area contributed by atoms with Crippen LogP contribution in [-0.4, -0.2) is 101 Å². The Hall–Kier alpha value is -2.44. The van der Waals surface area contributed by atoms with Gasteiger partial charge in [-0.3, -0.25) is 19.2 Å². The third kappa shape index (κ3) is 7.41. The van der Waals surface area contributed by atoms with E-state index in [2.05, 4.69) is 0 Å². The average molecular weight is 767 g/mol. The lowest BCUT2D eigenvalue weighted by Crippen LogP contribution is -2.52. The fourth-order valence-electron chi connectivity index (χ4n) is 9.56. The molecule has 0 aromatic rings. The standard InChI is InChI=1S/C38H62N4O12/c1-31(2)17-21(35(9,10)39(31)47)25(43)51-29(52-26(44)22-18-32(3,4)40(48)36(22,11)12)30(53-27(45)23-19-33(5,6)41(49)37(23,13)14)54-28(46)24-20-34(7,8)42(50)38(24,15)16/h21-24,29-30H,17-20H2,1-16H3. The van der Waals surface area contributed by atoms with Crippen LogP contribution >= 0.6 is 0 Å². The molecule has 4 unspecified atom stereocenters. The van der Waals surface area contributed by atoms with E-state index in [-0.39, 0.29) is 25.7 Å². The van der Waals surface area contributed by atoms with Crippen LogP contribution in [0.1, 0.15) is 136 Å². The van der Waals surface area contributed by atoms with Gasteiger partial charge in [0.25, 0.3) is 0 Å². The first-order chi connectivity index (χ1) is 24.1. The zero-order valence-electron chi connectivity index (χ0n) is 35.0. The van der Waals surface area contributed by atoms with Crippen LogP contribution in [0.2, 0.25) is 0 Å². The van der Waals surface area contributed by atoms with Gasteiger partial charge in [-0.2, -0.15) is 0 Å². The minimum Gasteiger partial charge on any atom is -0.417 e. The first-order valence-corrected chi connectivity index (χ1v) is 18.8. The van der Waals surface area contributed by atoms with E-state index in [1.54, 1.807) is 111 Å². The zero-order valence-corrected chi connectivity index (χ0v) is 35.0. The maximum Gasteiger partial charge on any atom is 0.320 e. The molecule has 4 fully saturated rings. The summed E-state index contributed by atoms with van der Waals surface area (Å²) in [5.74, 6) is -8.21. The second-order valence-electron chi connectivity index (χ2n) is 20.6. The normalized spacial score (nSPS) is 33.2. The van der Waals surface area contributed by atoms with Crippen molar-refractivity contribution in [2.24, 2.45) is 23.7 Å². The lowest BCUT2D eigenvalue weighted by Gasteiger charge is -2.36. The fraction of sp³-hybridized carbons (Fsp3) is 0.895. The summed E-state index contributed by atoms with van der Waals surface area (Å²) in [5, 5.41) is 56.2. The molecule has 16 heteroatoms. The molecule has 54 heavy (non-hydrogen) atoms. The van der Waals surface area contributed by atoms with Crippen LogP contribution in [0.25, 0.3) is 0 Å². The number of nitrogens with zero attached hydrogens (tertiary/aromatic N) is 4. The molecule has 0 amide bonds. The highest BCUT2D eigenvalue weighted by Crippen LogP contribution is 2.48. The molecule has 4 saturated heterocycles. The molecule has 0 spiro atoms. The van der Waals surface area contributed by atoms with Gasteiger partial charge in [0.05, 0.1) is 45.8 Å². The number of esters is 4. The predicted molar refractivity (Wildman–Crippen MR) is 187 cm³/mol. The van der Waals surface area contributed by atoms with Crippen molar-refractivity contribution in [3.8, 4) is 0 Å². The van der Waals surface area contributed by atoms with Gasteiger partial charge >= 0.3 is 36.5 Å². The summed E-state index contributed by atoms with van der Waals surface area (Å²) in [6.45, 7) is 26.0. The molecule has 4 aliphatic heterocycles. The molecule has 4 atom stereocenters. The second-order valence-corrected chi connectivity index (χ2v) is 20.6. The number of hydrogen-bond acceptors (Lipinski definition) is 12. The van der Waals surface area contributed by atoms with E-state index in [0.29, 0.717) is 0 Å². The Morgan fingerprint density at radius 2 is 0.519 bits per heavy atom.